The van der Waals surface area contributed by atoms with Crippen molar-refractivity contribution in [2.75, 3.05) is 0 Å². The topological polar surface area (TPSA) is 33.0 Å². The largest absolute Gasteiger partial charge is 0.414 e. The van der Waals surface area contributed by atoms with Gasteiger partial charge in [-0.05, 0) is 13.0 Å². The van der Waals surface area contributed by atoms with E-state index in [9.17, 15) is 17.6 Å². The van der Waals surface area contributed by atoms with Crippen molar-refractivity contribution >= 4 is 0 Å². The molecule has 1 aromatic rings. The molecular weight excluding hydrogens is 238 g/mol. The quantitative estimate of drug-likeness (QED) is 0.768. The molecule has 17 heavy (non-hydrogen) atoms. The molecule has 0 heterocycles. The van der Waals surface area contributed by atoms with E-state index in [1.54, 1.807) is 6.07 Å². The molecule has 1 aromatic carbocycles. The molecule has 0 aliphatic heterocycles. The predicted molar refractivity (Wildman–Crippen MR) is 51.4 cm³/mol. The highest BCUT2D eigenvalue weighted by molar-refractivity contribution is 5.34. The van der Waals surface area contributed by atoms with E-state index in [0.717, 1.165) is 6.92 Å². The van der Waals surface area contributed by atoms with E-state index in [0.29, 0.717) is 0 Å². The zero-order chi connectivity index (χ0) is 13.1. The van der Waals surface area contributed by atoms with Crippen LogP contribution in [0.3, 0.4) is 0 Å². The maximum absolute atomic E-state index is 13.4. The van der Waals surface area contributed by atoms with Gasteiger partial charge < -0.3 is 4.74 Å². The lowest BCUT2D eigenvalue weighted by Crippen LogP contribution is -2.28. The fourth-order valence-corrected chi connectivity index (χ4v) is 1.09. The second-order valence-corrected chi connectivity index (χ2v) is 3.39. The van der Waals surface area contributed by atoms with Crippen LogP contribution in [0.25, 0.3) is 0 Å². The molecule has 92 valence electrons. The van der Waals surface area contributed by atoms with Crippen LogP contribution < -0.4 is 0 Å². The number of nitrogens with zero attached hydrogens (tertiary/aromatic N) is 1. The molecule has 0 saturated heterocycles. The van der Waals surface area contributed by atoms with Crippen molar-refractivity contribution in [2.24, 2.45) is 0 Å². The van der Waals surface area contributed by atoms with Crippen LogP contribution in [0.4, 0.5) is 17.6 Å². The SMILES string of the molecule is CC(OCc1cccc(C#N)c1F)C(F)(F)F. The van der Waals surface area contributed by atoms with Crippen LogP contribution >= 0.6 is 0 Å². The third kappa shape index (κ3) is 3.43. The highest BCUT2D eigenvalue weighted by Gasteiger charge is 2.36. The Kier molecular flexibility index (Phi) is 4.07. The summed E-state index contributed by atoms with van der Waals surface area (Å²) in [5, 5.41) is 8.54. The molecule has 0 N–H and O–H groups in total. The van der Waals surface area contributed by atoms with E-state index in [-0.39, 0.29) is 11.1 Å². The molecule has 0 aromatic heterocycles. The van der Waals surface area contributed by atoms with Gasteiger partial charge in [0.15, 0.2) is 6.10 Å². The van der Waals surface area contributed by atoms with Gasteiger partial charge in [-0.2, -0.15) is 18.4 Å². The second-order valence-electron chi connectivity index (χ2n) is 3.39. The Morgan fingerprint density at radius 2 is 2.06 bits per heavy atom. The third-order valence-electron chi connectivity index (χ3n) is 2.15. The Balaban J connectivity index is 2.74. The van der Waals surface area contributed by atoms with Crippen LogP contribution in [-0.4, -0.2) is 12.3 Å². The van der Waals surface area contributed by atoms with Crippen LogP contribution in [-0.2, 0) is 11.3 Å². The van der Waals surface area contributed by atoms with Crippen molar-refractivity contribution in [3.8, 4) is 6.07 Å². The Bertz CT molecular complexity index is 436. The summed E-state index contributed by atoms with van der Waals surface area (Å²) in [5.41, 5.74) is -0.286. The predicted octanol–water partition coefficient (Wildman–Crippen LogP) is 3.16. The van der Waals surface area contributed by atoms with Crippen LogP contribution in [0.1, 0.15) is 18.1 Å². The van der Waals surface area contributed by atoms with Gasteiger partial charge >= 0.3 is 6.18 Å². The summed E-state index contributed by atoms with van der Waals surface area (Å²) in [5.74, 6) is -0.843. The van der Waals surface area contributed by atoms with Gasteiger partial charge in [-0.15, -0.1) is 0 Å². The van der Waals surface area contributed by atoms with Gasteiger partial charge in [-0.25, -0.2) is 4.39 Å². The third-order valence-corrected chi connectivity index (χ3v) is 2.15. The van der Waals surface area contributed by atoms with Crippen molar-refractivity contribution in [1.82, 2.24) is 0 Å². The lowest BCUT2D eigenvalue weighted by molar-refractivity contribution is -0.217. The molecule has 1 rings (SSSR count). The van der Waals surface area contributed by atoms with Crippen molar-refractivity contribution in [1.29, 1.82) is 5.26 Å². The molecule has 0 aliphatic rings. The van der Waals surface area contributed by atoms with E-state index in [1.807, 2.05) is 0 Å². The van der Waals surface area contributed by atoms with Gasteiger partial charge in [0.25, 0.3) is 0 Å². The fourth-order valence-electron chi connectivity index (χ4n) is 1.09. The molecule has 1 unspecified atom stereocenters. The van der Waals surface area contributed by atoms with Crippen molar-refractivity contribution in [3.63, 3.8) is 0 Å². The minimum Gasteiger partial charge on any atom is -0.364 e. The smallest absolute Gasteiger partial charge is 0.364 e. The molecule has 0 amide bonds. The number of benzene rings is 1. The maximum atomic E-state index is 13.4. The molecule has 0 saturated carbocycles. The Labute approximate surface area is 95.4 Å². The lowest BCUT2D eigenvalue weighted by Gasteiger charge is -2.16. The molecule has 2 nitrogen and oxygen atoms in total. The van der Waals surface area contributed by atoms with Gasteiger partial charge in [0.05, 0.1) is 12.2 Å². The van der Waals surface area contributed by atoms with E-state index < -0.39 is 24.7 Å². The Morgan fingerprint density at radius 3 is 2.59 bits per heavy atom. The molecule has 0 fully saturated rings. The lowest BCUT2D eigenvalue weighted by atomic mass is 10.1. The average Bonchev–Trinajstić information content (AvgIpc) is 2.26. The van der Waals surface area contributed by atoms with E-state index in [2.05, 4.69) is 4.74 Å². The summed E-state index contributed by atoms with van der Waals surface area (Å²) in [7, 11) is 0. The number of halogens is 4. The zero-order valence-corrected chi connectivity index (χ0v) is 8.88. The van der Waals surface area contributed by atoms with Crippen LogP contribution in [0.2, 0.25) is 0 Å². The number of rotatable bonds is 3. The number of nitriles is 1. The summed E-state index contributed by atoms with van der Waals surface area (Å²) < 4.78 is 54.3. The monoisotopic (exact) mass is 247 g/mol. The van der Waals surface area contributed by atoms with Gasteiger partial charge in [-0.1, -0.05) is 12.1 Å². The van der Waals surface area contributed by atoms with Gasteiger partial charge in [0, 0.05) is 5.56 Å². The number of alkyl halides is 3. The first-order chi connectivity index (χ1) is 7.86. The minimum atomic E-state index is -4.48. The normalized spacial score (nSPS) is 13.2. The summed E-state index contributed by atoms with van der Waals surface area (Å²) in [6.07, 6.45) is -6.46. The minimum absolute atomic E-state index is 0.0693. The zero-order valence-electron chi connectivity index (χ0n) is 8.88. The van der Waals surface area contributed by atoms with E-state index in [1.165, 1.54) is 18.2 Å². The molecule has 1 atom stereocenters. The molecule has 6 heteroatoms. The highest BCUT2D eigenvalue weighted by atomic mass is 19.4. The molecule has 0 bridgehead atoms. The summed E-state index contributed by atoms with van der Waals surface area (Å²) in [6, 6.07) is 5.51. The second kappa shape index (κ2) is 5.15. The van der Waals surface area contributed by atoms with Gasteiger partial charge in [-0.3, -0.25) is 0 Å². The van der Waals surface area contributed by atoms with Crippen LogP contribution in [0.5, 0.6) is 0 Å². The van der Waals surface area contributed by atoms with Crippen LogP contribution in [0, 0.1) is 17.1 Å². The van der Waals surface area contributed by atoms with Crippen molar-refractivity contribution < 1.29 is 22.3 Å². The summed E-state index contributed by atoms with van der Waals surface area (Å²) >= 11 is 0. The van der Waals surface area contributed by atoms with Gasteiger partial charge in [0.1, 0.15) is 11.9 Å². The first-order valence-corrected chi connectivity index (χ1v) is 4.72. The standard InChI is InChI=1S/C11H9F4NO/c1-7(11(13,14)15)17-6-9-4-2-3-8(5-16)10(9)12/h2-4,7H,6H2,1H3. The fraction of sp³-hybridized carbons (Fsp3) is 0.364. The molecule has 0 aliphatic carbocycles. The maximum Gasteiger partial charge on any atom is 0.414 e. The number of hydrogen-bond donors (Lipinski definition) is 0. The van der Waals surface area contributed by atoms with E-state index in [4.69, 9.17) is 5.26 Å². The summed E-state index contributed by atoms with van der Waals surface area (Å²) in [4.78, 5) is 0. The molecular formula is C11H9F4NO. The molecule has 0 radical (unpaired) electrons. The number of ether oxygens (including phenoxy) is 1. The highest BCUT2D eigenvalue weighted by Crippen LogP contribution is 2.24. The van der Waals surface area contributed by atoms with E-state index >= 15 is 0 Å². The van der Waals surface area contributed by atoms with Gasteiger partial charge in [0.2, 0.25) is 0 Å². The average molecular weight is 247 g/mol. The van der Waals surface area contributed by atoms with Crippen LogP contribution in [0.15, 0.2) is 18.2 Å². The Hall–Kier alpha value is -1.61. The first-order valence-electron chi connectivity index (χ1n) is 4.72. The first kappa shape index (κ1) is 13.5. The summed E-state index contributed by atoms with van der Waals surface area (Å²) in [6.45, 7) is 0.314. The van der Waals surface area contributed by atoms with Crippen molar-refractivity contribution in [3.05, 3.63) is 35.1 Å². The Morgan fingerprint density at radius 1 is 1.41 bits per heavy atom. The van der Waals surface area contributed by atoms with Crippen molar-refractivity contribution in [2.45, 2.75) is 25.8 Å². The number of hydrogen-bond acceptors (Lipinski definition) is 2. The molecule has 0 spiro atoms.